The van der Waals surface area contributed by atoms with Crippen LogP contribution in [-0.4, -0.2) is 19.1 Å². The molecule has 0 unspecified atom stereocenters. The molecule has 0 spiro atoms. The smallest absolute Gasteiger partial charge is 0.226 e. The van der Waals surface area contributed by atoms with Crippen molar-refractivity contribution in [3.05, 3.63) is 17.7 Å². The van der Waals surface area contributed by atoms with Gasteiger partial charge in [-0.05, 0) is 38.8 Å². The first-order chi connectivity index (χ1) is 8.50. The molecule has 1 aliphatic rings. The van der Waals surface area contributed by atoms with E-state index in [-0.39, 0.29) is 12.0 Å². The van der Waals surface area contributed by atoms with Crippen molar-refractivity contribution < 1.29 is 9.53 Å². The minimum Gasteiger partial charge on any atom is -0.488 e. The van der Waals surface area contributed by atoms with Crippen molar-refractivity contribution in [3.8, 4) is 5.75 Å². The van der Waals surface area contributed by atoms with Gasteiger partial charge in [0.05, 0.1) is 17.5 Å². The number of nitrogen functional groups attached to an aromatic ring is 1. The van der Waals surface area contributed by atoms with Crippen LogP contribution in [0.2, 0.25) is 0 Å². The minimum atomic E-state index is 0.0723. The van der Waals surface area contributed by atoms with E-state index < -0.39 is 0 Å². The van der Waals surface area contributed by atoms with Gasteiger partial charge in [0.2, 0.25) is 5.91 Å². The SMILES string of the molecule is CC(C)Oc1c(N)ccc2c1CCCC(=O)N2C. The third kappa shape index (κ3) is 2.28. The average Bonchev–Trinajstić information content (AvgIpc) is 2.44. The molecule has 0 saturated heterocycles. The molecule has 0 fully saturated rings. The molecule has 18 heavy (non-hydrogen) atoms. The van der Waals surface area contributed by atoms with Crippen molar-refractivity contribution >= 4 is 17.3 Å². The number of nitrogens with two attached hydrogens (primary N) is 1. The molecule has 0 aromatic heterocycles. The fraction of sp³-hybridized carbons (Fsp3) is 0.500. The van der Waals surface area contributed by atoms with Crippen LogP contribution in [0.5, 0.6) is 5.75 Å². The predicted molar refractivity (Wildman–Crippen MR) is 73.0 cm³/mol. The van der Waals surface area contributed by atoms with Crippen molar-refractivity contribution in [2.24, 2.45) is 0 Å². The van der Waals surface area contributed by atoms with E-state index in [4.69, 9.17) is 10.5 Å². The highest BCUT2D eigenvalue weighted by atomic mass is 16.5. The van der Waals surface area contributed by atoms with E-state index in [1.54, 1.807) is 4.90 Å². The predicted octanol–water partition coefficient (Wildman–Crippen LogP) is 2.36. The zero-order valence-electron chi connectivity index (χ0n) is 11.2. The van der Waals surface area contributed by atoms with Crippen LogP contribution >= 0.6 is 0 Å². The Morgan fingerprint density at radius 3 is 2.72 bits per heavy atom. The number of nitrogens with zero attached hydrogens (tertiary/aromatic N) is 1. The summed E-state index contributed by atoms with van der Waals surface area (Å²) in [7, 11) is 1.81. The molecule has 1 aromatic carbocycles. The molecule has 4 heteroatoms. The number of benzene rings is 1. The lowest BCUT2D eigenvalue weighted by atomic mass is 10.0. The van der Waals surface area contributed by atoms with Gasteiger partial charge >= 0.3 is 0 Å². The topological polar surface area (TPSA) is 55.6 Å². The maximum absolute atomic E-state index is 11.8. The number of hydrogen-bond acceptors (Lipinski definition) is 3. The van der Waals surface area contributed by atoms with E-state index in [9.17, 15) is 4.79 Å². The number of amides is 1. The van der Waals surface area contributed by atoms with Gasteiger partial charge in [-0.1, -0.05) is 0 Å². The molecule has 0 aliphatic carbocycles. The van der Waals surface area contributed by atoms with Crippen LogP contribution in [0.4, 0.5) is 11.4 Å². The van der Waals surface area contributed by atoms with Crippen LogP contribution in [0.25, 0.3) is 0 Å². The molecule has 2 rings (SSSR count). The Bertz CT molecular complexity index is 469. The van der Waals surface area contributed by atoms with Crippen molar-refractivity contribution in [2.75, 3.05) is 17.7 Å². The largest absolute Gasteiger partial charge is 0.488 e. The first-order valence-electron chi connectivity index (χ1n) is 6.35. The van der Waals surface area contributed by atoms with E-state index >= 15 is 0 Å². The summed E-state index contributed by atoms with van der Waals surface area (Å²) in [4.78, 5) is 13.6. The number of rotatable bonds is 2. The summed E-state index contributed by atoms with van der Waals surface area (Å²) >= 11 is 0. The summed E-state index contributed by atoms with van der Waals surface area (Å²) in [6.45, 7) is 3.95. The standard InChI is InChI=1S/C14H20N2O2/c1-9(2)18-14-10-5-4-6-13(17)16(3)12(10)8-7-11(14)15/h7-9H,4-6,15H2,1-3H3. The van der Waals surface area contributed by atoms with Gasteiger partial charge in [0, 0.05) is 19.0 Å². The molecule has 0 radical (unpaired) electrons. The van der Waals surface area contributed by atoms with Crippen molar-refractivity contribution in [1.29, 1.82) is 0 Å². The Kier molecular flexibility index (Phi) is 3.45. The maximum atomic E-state index is 11.8. The number of hydrogen-bond donors (Lipinski definition) is 1. The fourth-order valence-corrected chi connectivity index (χ4v) is 2.28. The van der Waals surface area contributed by atoms with E-state index in [0.717, 1.165) is 29.8 Å². The monoisotopic (exact) mass is 248 g/mol. The molecule has 1 aromatic rings. The Balaban J connectivity index is 2.51. The lowest BCUT2D eigenvalue weighted by Crippen LogP contribution is -2.25. The second-order valence-electron chi connectivity index (χ2n) is 4.95. The minimum absolute atomic E-state index is 0.0723. The maximum Gasteiger partial charge on any atom is 0.226 e. The summed E-state index contributed by atoms with van der Waals surface area (Å²) in [5.74, 6) is 0.887. The average molecular weight is 248 g/mol. The fourth-order valence-electron chi connectivity index (χ4n) is 2.28. The van der Waals surface area contributed by atoms with Gasteiger partial charge in [0.25, 0.3) is 0 Å². The number of fused-ring (bicyclic) bond motifs is 1. The number of anilines is 2. The van der Waals surface area contributed by atoms with Crippen molar-refractivity contribution in [1.82, 2.24) is 0 Å². The van der Waals surface area contributed by atoms with Crippen LogP contribution in [0, 0.1) is 0 Å². The Morgan fingerprint density at radius 1 is 1.33 bits per heavy atom. The summed E-state index contributed by atoms with van der Waals surface area (Å²) in [5, 5.41) is 0. The van der Waals surface area contributed by atoms with Gasteiger partial charge in [-0.25, -0.2) is 0 Å². The number of carbonyl (C=O) groups is 1. The molecule has 4 nitrogen and oxygen atoms in total. The molecule has 98 valence electrons. The summed E-state index contributed by atoms with van der Waals surface area (Å²) in [6.07, 6.45) is 2.32. The van der Waals surface area contributed by atoms with E-state index in [0.29, 0.717) is 12.1 Å². The van der Waals surface area contributed by atoms with Gasteiger partial charge in [-0.2, -0.15) is 0 Å². The Morgan fingerprint density at radius 2 is 2.06 bits per heavy atom. The highest BCUT2D eigenvalue weighted by molar-refractivity contribution is 5.95. The molecular formula is C14H20N2O2. The first-order valence-corrected chi connectivity index (χ1v) is 6.35. The molecule has 0 saturated carbocycles. The lowest BCUT2D eigenvalue weighted by Gasteiger charge is -2.22. The zero-order chi connectivity index (χ0) is 13.3. The van der Waals surface area contributed by atoms with Gasteiger partial charge in [-0.15, -0.1) is 0 Å². The zero-order valence-corrected chi connectivity index (χ0v) is 11.2. The van der Waals surface area contributed by atoms with Gasteiger partial charge < -0.3 is 15.4 Å². The van der Waals surface area contributed by atoms with Crippen LogP contribution in [0.1, 0.15) is 32.3 Å². The third-order valence-corrected chi connectivity index (χ3v) is 3.17. The van der Waals surface area contributed by atoms with E-state index in [1.807, 2.05) is 33.0 Å². The van der Waals surface area contributed by atoms with Crippen LogP contribution < -0.4 is 15.4 Å². The highest BCUT2D eigenvalue weighted by Crippen LogP contribution is 2.38. The summed E-state index contributed by atoms with van der Waals surface area (Å²) < 4.78 is 5.82. The lowest BCUT2D eigenvalue weighted by molar-refractivity contribution is -0.118. The Hall–Kier alpha value is -1.71. The number of carbonyl (C=O) groups excluding carboxylic acids is 1. The molecule has 0 atom stereocenters. The molecular weight excluding hydrogens is 228 g/mol. The second kappa shape index (κ2) is 4.88. The van der Waals surface area contributed by atoms with Crippen molar-refractivity contribution in [2.45, 2.75) is 39.2 Å². The second-order valence-corrected chi connectivity index (χ2v) is 4.95. The summed E-state index contributed by atoms with van der Waals surface area (Å²) in [6, 6.07) is 3.72. The number of ether oxygens (including phenoxy) is 1. The molecule has 1 amide bonds. The molecule has 1 heterocycles. The molecule has 0 bridgehead atoms. The van der Waals surface area contributed by atoms with Crippen LogP contribution in [0.15, 0.2) is 12.1 Å². The van der Waals surface area contributed by atoms with E-state index in [1.165, 1.54) is 0 Å². The van der Waals surface area contributed by atoms with Crippen LogP contribution in [0.3, 0.4) is 0 Å². The third-order valence-electron chi connectivity index (χ3n) is 3.17. The summed E-state index contributed by atoms with van der Waals surface area (Å²) in [5.41, 5.74) is 8.61. The van der Waals surface area contributed by atoms with Crippen molar-refractivity contribution in [3.63, 3.8) is 0 Å². The van der Waals surface area contributed by atoms with E-state index in [2.05, 4.69) is 0 Å². The van der Waals surface area contributed by atoms with Gasteiger partial charge in [0.15, 0.2) is 0 Å². The van der Waals surface area contributed by atoms with Gasteiger partial charge in [-0.3, -0.25) is 4.79 Å². The normalized spacial score (nSPS) is 15.6. The Labute approximate surface area is 108 Å². The molecule has 1 aliphatic heterocycles. The first kappa shape index (κ1) is 12.7. The van der Waals surface area contributed by atoms with Crippen LogP contribution in [-0.2, 0) is 11.2 Å². The highest BCUT2D eigenvalue weighted by Gasteiger charge is 2.23. The molecule has 2 N–H and O–H groups in total. The quantitative estimate of drug-likeness (QED) is 0.817. The van der Waals surface area contributed by atoms with Gasteiger partial charge in [0.1, 0.15) is 5.75 Å².